The topological polar surface area (TPSA) is 163 Å². The van der Waals surface area contributed by atoms with Gasteiger partial charge in [0.05, 0.1) is 36.6 Å². The Bertz CT molecular complexity index is 2290. The van der Waals surface area contributed by atoms with Gasteiger partial charge in [-0.1, -0.05) is 0 Å². The molecule has 4 heterocycles. The van der Waals surface area contributed by atoms with E-state index in [4.69, 9.17) is 8.83 Å². The molecule has 0 spiro atoms. The molecule has 0 aliphatic heterocycles. The van der Waals surface area contributed by atoms with E-state index in [1.165, 1.54) is 76.7 Å². The van der Waals surface area contributed by atoms with Crippen molar-refractivity contribution >= 4 is 24.2 Å². The zero-order chi connectivity index (χ0) is 39.8. The second-order valence-corrected chi connectivity index (χ2v) is 11.7. The molecule has 2 amide bonds. The molecular formula is C35H31F6N10NaO4. The Hall–Kier alpha value is -5.86. The Morgan fingerprint density at radius 1 is 0.768 bits per heavy atom. The van der Waals surface area contributed by atoms with Crippen LogP contribution in [-0.4, -0.2) is 63.3 Å². The number of hydrogen-bond acceptors (Lipinski definition) is 10. The summed E-state index contributed by atoms with van der Waals surface area (Å²) in [5.74, 6) is 0.561. The summed E-state index contributed by atoms with van der Waals surface area (Å²) < 4.78 is 90.3. The quantitative estimate of drug-likeness (QED) is 0.123. The maximum absolute atomic E-state index is 13.0. The SMILES string of the molecule is Cc1cc(-c2ncn(/C=C\C(=O)N(C)Cc3cnco3)n2)cc(C(F)(F)F)c1.Cc1cc(-c2ncn(/C=C\C(=O)NCc3cnco3)n2)cc(C(F)(F)F)c1.[H-].[Na+]. The van der Waals surface area contributed by atoms with Crippen molar-refractivity contribution in [3.63, 3.8) is 0 Å². The van der Waals surface area contributed by atoms with Gasteiger partial charge in [-0.2, -0.15) is 26.3 Å². The van der Waals surface area contributed by atoms with Crippen LogP contribution in [0.15, 0.2) is 95.2 Å². The predicted octanol–water partition coefficient (Wildman–Crippen LogP) is 3.55. The van der Waals surface area contributed by atoms with Crippen LogP contribution in [-0.2, 0) is 35.0 Å². The second-order valence-electron chi connectivity index (χ2n) is 11.7. The first kappa shape index (κ1) is 42.9. The molecule has 6 aromatic rings. The van der Waals surface area contributed by atoms with Crippen LogP contribution in [0.25, 0.3) is 35.2 Å². The van der Waals surface area contributed by atoms with Crippen LogP contribution < -0.4 is 34.9 Å². The third-order valence-corrected chi connectivity index (χ3v) is 7.26. The predicted molar refractivity (Wildman–Crippen MR) is 183 cm³/mol. The van der Waals surface area contributed by atoms with Gasteiger partial charge in [-0.3, -0.25) is 9.59 Å². The first-order valence-corrected chi connectivity index (χ1v) is 15.9. The normalized spacial score (nSPS) is 11.7. The summed E-state index contributed by atoms with van der Waals surface area (Å²) in [4.78, 5) is 40.8. The van der Waals surface area contributed by atoms with E-state index in [0.29, 0.717) is 22.6 Å². The maximum Gasteiger partial charge on any atom is 1.00 e. The van der Waals surface area contributed by atoms with Crippen LogP contribution in [0.4, 0.5) is 26.3 Å². The van der Waals surface area contributed by atoms with Crippen molar-refractivity contribution in [1.29, 1.82) is 0 Å². The Labute approximate surface area is 337 Å². The van der Waals surface area contributed by atoms with Gasteiger partial charge in [-0.15, -0.1) is 10.2 Å². The molecule has 1 N–H and O–H groups in total. The van der Waals surface area contributed by atoms with E-state index in [0.717, 1.165) is 24.3 Å². The molecular weight excluding hydrogens is 761 g/mol. The van der Waals surface area contributed by atoms with Gasteiger partial charge in [0.25, 0.3) is 0 Å². The Balaban J connectivity index is 0.000000295. The minimum Gasteiger partial charge on any atom is -1.00 e. The fourth-order valence-electron chi connectivity index (χ4n) is 4.72. The van der Waals surface area contributed by atoms with E-state index in [2.05, 4.69) is 35.5 Å². The molecule has 0 bridgehead atoms. The van der Waals surface area contributed by atoms with Gasteiger partial charge in [0.1, 0.15) is 24.2 Å². The number of nitrogens with zero attached hydrogens (tertiary/aromatic N) is 9. The number of likely N-dealkylation sites (N-methyl/N-ethyl adjacent to an activating group) is 1. The van der Waals surface area contributed by atoms with Crippen LogP contribution in [0.3, 0.4) is 0 Å². The number of carbonyl (C=O) groups is 2. The molecule has 288 valence electrons. The van der Waals surface area contributed by atoms with Gasteiger partial charge in [0, 0.05) is 42.7 Å². The monoisotopic (exact) mass is 792 g/mol. The average molecular weight is 793 g/mol. The molecule has 2 aromatic carbocycles. The van der Waals surface area contributed by atoms with Crippen molar-refractivity contribution in [2.45, 2.75) is 39.3 Å². The van der Waals surface area contributed by atoms with Crippen molar-refractivity contribution in [3.05, 3.63) is 120 Å². The largest absolute Gasteiger partial charge is 1.00 e. The number of nitrogens with one attached hydrogen (secondary N) is 1. The molecule has 21 heteroatoms. The zero-order valence-electron chi connectivity index (χ0n) is 31.1. The summed E-state index contributed by atoms with van der Waals surface area (Å²) in [7, 11) is 1.59. The van der Waals surface area contributed by atoms with E-state index >= 15 is 0 Å². The Kier molecular flexibility index (Phi) is 14.3. The molecule has 0 radical (unpaired) electrons. The van der Waals surface area contributed by atoms with Gasteiger partial charge in [0.15, 0.2) is 24.4 Å². The summed E-state index contributed by atoms with van der Waals surface area (Å²) in [6, 6.07) is 7.22. The number of carbonyl (C=O) groups excluding carboxylic acids is 2. The number of hydrogen-bond donors (Lipinski definition) is 1. The van der Waals surface area contributed by atoms with Gasteiger partial charge < -0.3 is 20.5 Å². The minimum absolute atomic E-state index is 0. The number of oxazole rings is 2. The van der Waals surface area contributed by atoms with Gasteiger partial charge in [-0.05, 0) is 61.4 Å². The molecule has 0 fully saturated rings. The summed E-state index contributed by atoms with van der Waals surface area (Å²) in [6.07, 6.45) is 4.41. The number of aromatic nitrogens is 8. The van der Waals surface area contributed by atoms with E-state index in [1.807, 2.05) is 0 Å². The second kappa shape index (κ2) is 18.7. The van der Waals surface area contributed by atoms with E-state index in [1.54, 1.807) is 33.0 Å². The summed E-state index contributed by atoms with van der Waals surface area (Å²) in [6.45, 7) is 3.55. The van der Waals surface area contributed by atoms with Crippen LogP contribution in [0, 0.1) is 13.8 Å². The average Bonchev–Trinajstić information content (AvgIpc) is 3.97. The van der Waals surface area contributed by atoms with E-state index < -0.39 is 29.4 Å². The number of halogens is 6. The number of rotatable bonds is 10. The molecule has 0 atom stereocenters. The van der Waals surface area contributed by atoms with Crippen molar-refractivity contribution in [2.75, 3.05) is 7.05 Å². The molecule has 56 heavy (non-hydrogen) atoms. The standard InChI is InChI=1S/C18H16F3N5O2.C17H14F3N5O2.Na.H/c1-12-5-13(7-14(6-12)18(19,20)21)17-23-10-26(24-17)4-3-16(27)25(2)9-15-8-22-11-28-15;1-11-4-12(6-13(5-11)17(18,19)20)16-23-9-25(24-16)3-2-15(26)22-8-14-7-21-10-27-14;;/h3-8,10-11H,9H2,1-2H3;2-7,9-10H,8H2,1H3,(H,22,26);;/q;;+1;-1/b4-3-;3-2-;;. The van der Waals surface area contributed by atoms with Crippen LogP contribution in [0.2, 0.25) is 0 Å². The Morgan fingerprint density at radius 2 is 1.25 bits per heavy atom. The van der Waals surface area contributed by atoms with Crippen molar-refractivity contribution in [2.24, 2.45) is 0 Å². The number of alkyl halides is 6. The first-order valence-electron chi connectivity index (χ1n) is 15.9. The van der Waals surface area contributed by atoms with Gasteiger partial charge in [-0.25, -0.2) is 29.3 Å². The molecule has 0 saturated heterocycles. The van der Waals surface area contributed by atoms with Crippen LogP contribution >= 0.6 is 0 Å². The molecule has 0 aliphatic rings. The molecule has 6 rings (SSSR count). The molecule has 4 aromatic heterocycles. The van der Waals surface area contributed by atoms with E-state index in [9.17, 15) is 35.9 Å². The number of amides is 2. The van der Waals surface area contributed by atoms with Gasteiger partial charge in [0.2, 0.25) is 11.8 Å². The maximum atomic E-state index is 13.0. The third kappa shape index (κ3) is 12.3. The summed E-state index contributed by atoms with van der Waals surface area (Å²) in [5.41, 5.74) is -0.160. The fourth-order valence-corrected chi connectivity index (χ4v) is 4.72. The minimum atomic E-state index is -4.45. The molecule has 0 unspecified atom stereocenters. The van der Waals surface area contributed by atoms with Crippen molar-refractivity contribution in [3.8, 4) is 22.8 Å². The zero-order valence-corrected chi connectivity index (χ0v) is 32.1. The third-order valence-electron chi connectivity index (χ3n) is 7.26. The fraction of sp³-hybridized carbons (Fsp3) is 0.200. The van der Waals surface area contributed by atoms with E-state index in [-0.39, 0.29) is 72.8 Å². The van der Waals surface area contributed by atoms with Crippen LogP contribution in [0.5, 0.6) is 0 Å². The first-order chi connectivity index (χ1) is 26.0. The summed E-state index contributed by atoms with van der Waals surface area (Å²) >= 11 is 0. The van der Waals surface area contributed by atoms with Crippen LogP contribution in [0.1, 0.15) is 35.2 Å². The molecule has 0 saturated carbocycles. The molecule has 14 nitrogen and oxygen atoms in total. The number of benzene rings is 2. The van der Waals surface area contributed by atoms with Crippen molar-refractivity contribution < 1.29 is 75.7 Å². The molecule has 0 aliphatic carbocycles. The van der Waals surface area contributed by atoms with Crippen molar-refractivity contribution in [1.82, 2.24) is 49.7 Å². The number of aryl methyl sites for hydroxylation is 2. The Morgan fingerprint density at radius 3 is 1.71 bits per heavy atom. The smallest absolute Gasteiger partial charge is 1.00 e. The summed E-state index contributed by atoms with van der Waals surface area (Å²) in [5, 5.41) is 10.8. The van der Waals surface area contributed by atoms with Gasteiger partial charge >= 0.3 is 41.9 Å².